The topological polar surface area (TPSA) is 38.3 Å². The largest absolute Gasteiger partial charge is 0.490 e. The number of esters is 1. The summed E-state index contributed by atoms with van der Waals surface area (Å²) in [4.78, 5) is 12.3. The van der Waals surface area contributed by atoms with Crippen molar-refractivity contribution in [3.8, 4) is 0 Å². The Bertz CT molecular complexity index is 404. The van der Waals surface area contributed by atoms with Crippen LogP contribution in [0.15, 0.2) is 6.07 Å². The third kappa shape index (κ3) is 2.98. The Morgan fingerprint density at radius 1 is 1.53 bits per heavy atom. The minimum atomic E-state index is -4.92. The van der Waals surface area contributed by atoms with Crippen LogP contribution in [0, 0.1) is 0 Å². The molecule has 94 valence electrons. The standard InChI is InChI=1S/C10H10F3NO2S/c11-10(12,13)9(15)16-5-7-3-6-4-14-2-1-8(6)17-7/h3,14H,1-2,4-5H2. The lowest BCUT2D eigenvalue weighted by molar-refractivity contribution is -0.200. The van der Waals surface area contributed by atoms with Crippen molar-refractivity contribution in [2.45, 2.75) is 25.7 Å². The average Bonchev–Trinajstić information content (AvgIpc) is 2.66. The summed E-state index contributed by atoms with van der Waals surface area (Å²) in [5.74, 6) is -2.14. The summed E-state index contributed by atoms with van der Waals surface area (Å²) < 4.78 is 39.9. The molecule has 1 N–H and O–H groups in total. The van der Waals surface area contributed by atoms with Gasteiger partial charge in [0.05, 0.1) is 0 Å². The lowest BCUT2D eigenvalue weighted by atomic mass is 10.1. The van der Waals surface area contributed by atoms with Gasteiger partial charge in [0.25, 0.3) is 0 Å². The zero-order chi connectivity index (χ0) is 12.5. The van der Waals surface area contributed by atoms with Crippen molar-refractivity contribution in [3.63, 3.8) is 0 Å². The van der Waals surface area contributed by atoms with E-state index in [-0.39, 0.29) is 6.61 Å². The summed E-state index contributed by atoms with van der Waals surface area (Å²) in [5.41, 5.74) is 1.08. The van der Waals surface area contributed by atoms with Gasteiger partial charge in [-0.15, -0.1) is 11.3 Å². The Hall–Kier alpha value is -1.08. The molecule has 0 fully saturated rings. The quantitative estimate of drug-likeness (QED) is 0.831. The molecule has 0 unspecified atom stereocenters. The summed E-state index contributed by atoms with van der Waals surface area (Å²) in [7, 11) is 0. The number of nitrogens with one attached hydrogen (secondary N) is 1. The highest BCUT2D eigenvalue weighted by molar-refractivity contribution is 7.12. The van der Waals surface area contributed by atoms with Crippen molar-refractivity contribution in [3.05, 3.63) is 21.4 Å². The maximum absolute atomic E-state index is 11.9. The first-order valence-electron chi connectivity index (χ1n) is 5.02. The minimum absolute atomic E-state index is 0.310. The van der Waals surface area contributed by atoms with E-state index in [4.69, 9.17) is 0 Å². The molecule has 0 saturated heterocycles. The first-order valence-corrected chi connectivity index (χ1v) is 5.83. The van der Waals surface area contributed by atoms with Crippen LogP contribution < -0.4 is 5.32 Å². The van der Waals surface area contributed by atoms with Gasteiger partial charge in [0.1, 0.15) is 6.61 Å². The first-order chi connectivity index (χ1) is 7.97. The molecular formula is C10H10F3NO2S. The molecule has 2 rings (SSSR count). The van der Waals surface area contributed by atoms with Gasteiger partial charge >= 0.3 is 12.1 Å². The molecule has 1 aromatic heterocycles. The van der Waals surface area contributed by atoms with Crippen LogP contribution in [0.25, 0.3) is 0 Å². The molecule has 7 heteroatoms. The summed E-state index contributed by atoms with van der Waals surface area (Å²) >= 11 is 1.40. The monoisotopic (exact) mass is 265 g/mol. The maximum Gasteiger partial charge on any atom is 0.490 e. The van der Waals surface area contributed by atoms with E-state index in [0.717, 1.165) is 30.0 Å². The summed E-state index contributed by atoms with van der Waals surface area (Å²) in [6.07, 6.45) is -4.05. The Kier molecular flexibility index (Phi) is 3.39. The molecule has 0 atom stereocenters. The molecule has 0 bridgehead atoms. The molecule has 0 amide bonds. The van der Waals surface area contributed by atoms with Crippen molar-refractivity contribution in [2.75, 3.05) is 6.54 Å². The van der Waals surface area contributed by atoms with Gasteiger partial charge in [0.15, 0.2) is 0 Å². The minimum Gasteiger partial charge on any atom is -0.453 e. The van der Waals surface area contributed by atoms with Crippen LogP contribution in [0.3, 0.4) is 0 Å². The van der Waals surface area contributed by atoms with Crippen LogP contribution in [-0.4, -0.2) is 18.7 Å². The normalized spacial score (nSPS) is 15.5. The lowest BCUT2D eigenvalue weighted by Crippen LogP contribution is -2.25. The van der Waals surface area contributed by atoms with Crippen LogP contribution in [0.2, 0.25) is 0 Å². The van der Waals surface area contributed by atoms with Crippen LogP contribution in [-0.2, 0) is 29.1 Å². The van der Waals surface area contributed by atoms with Gasteiger partial charge in [-0.2, -0.15) is 13.2 Å². The summed E-state index contributed by atoms with van der Waals surface area (Å²) in [6.45, 7) is 1.28. The fourth-order valence-corrected chi connectivity index (χ4v) is 2.71. The fourth-order valence-electron chi connectivity index (χ4n) is 1.60. The van der Waals surface area contributed by atoms with Gasteiger partial charge in [-0.1, -0.05) is 0 Å². The number of ether oxygens (including phenoxy) is 1. The Labute approximate surface area is 99.6 Å². The summed E-state index contributed by atoms with van der Waals surface area (Å²) in [6, 6.07) is 1.79. The van der Waals surface area contributed by atoms with Gasteiger partial charge in [0.2, 0.25) is 0 Å². The predicted octanol–water partition coefficient (Wildman–Crippen LogP) is 2.00. The van der Waals surface area contributed by atoms with Gasteiger partial charge in [-0.25, -0.2) is 4.79 Å². The van der Waals surface area contributed by atoms with Crippen LogP contribution >= 0.6 is 11.3 Å². The molecule has 0 saturated carbocycles. The van der Waals surface area contributed by atoms with Crippen molar-refractivity contribution in [1.29, 1.82) is 0 Å². The molecule has 1 aliphatic heterocycles. The second kappa shape index (κ2) is 4.66. The van der Waals surface area contributed by atoms with Crippen molar-refractivity contribution in [2.24, 2.45) is 0 Å². The number of hydrogen-bond acceptors (Lipinski definition) is 4. The number of thiophene rings is 1. The van der Waals surface area contributed by atoms with Crippen LogP contribution in [0.4, 0.5) is 13.2 Å². The number of hydrogen-bond donors (Lipinski definition) is 1. The van der Waals surface area contributed by atoms with Crippen molar-refractivity contribution >= 4 is 17.3 Å². The Morgan fingerprint density at radius 2 is 2.29 bits per heavy atom. The maximum atomic E-state index is 11.9. The van der Waals surface area contributed by atoms with Gasteiger partial charge in [0, 0.05) is 22.8 Å². The molecule has 0 aromatic carbocycles. The molecule has 1 aliphatic rings. The highest BCUT2D eigenvalue weighted by Gasteiger charge is 2.40. The van der Waals surface area contributed by atoms with E-state index in [0.29, 0.717) is 4.88 Å². The molecule has 17 heavy (non-hydrogen) atoms. The second-order valence-electron chi connectivity index (χ2n) is 3.66. The van der Waals surface area contributed by atoms with E-state index in [9.17, 15) is 18.0 Å². The van der Waals surface area contributed by atoms with Crippen LogP contribution in [0.5, 0.6) is 0 Å². The number of fused-ring (bicyclic) bond motifs is 1. The number of halogens is 3. The molecular weight excluding hydrogens is 255 g/mol. The first kappa shape index (κ1) is 12.4. The molecule has 3 nitrogen and oxygen atoms in total. The van der Waals surface area contributed by atoms with Gasteiger partial charge in [-0.3, -0.25) is 0 Å². The highest BCUT2D eigenvalue weighted by Crippen LogP contribution is 2.26. The molecule has 2 heterocycles. The molecule has 0 spiro atoms. The van der Waals surface area contributed by atoms with E-state index in [1.165, 1.54) is 11.3 Å². The number of carbonyl (C=O) groups is 1. The number of carbonyl (C=O) groups excluding carboxylic acids is 1. The highest BCUT2D eigenvalue weighted by atomic mass is 32.1. The average molecular weight is 265 g/mol. The fraction of sp³-hybridized carbons (Fsp3) is 0.500. The predicted molar refractivity (Wildman–Crippen MR) is 55.6 cm³/mol. The van der Waals surface area contributed by atoms with E-state index in [1.807, 2.05) is 0 Å². The summed E-state index contributed by atoms with van der Waals surface area (Å²) in [5, 5.41) is 3.16. The SMILES string of the molecule is O=C(OCc1cc2c(s1)CCNC2)C(F)(F)F. The smallest absolute Gasteiger partial charge is 0.453 e. The lowest BCUT2D eigenvalue weighted by Gasteiger charge is -2.10. The zero-order valence-electron chi connectivity index (χ0n) is 8.76. The van der Waals surface area contributed by atoms with Crippen LogP contribution in [0.1, 0.15) is 15.3 Å². The third-order valence-electron chi connectivity index (χ3n) is 2.37. The van der Waals surface area contributed by atoms with Gasteiger partial charge < -0.3 is 10.1 Å². The van der Waals surface area contributed by atoms with Crippen molar-refractivity contribution < 1.29 is 22.7 Å². The molecule has 1 aromatic rings. The van der Waals surface area contributed by atoms with E-state index < -0.39 is 12.1 Å². The molecule has 0 aliphatic carbocycles. The van der Waals surface area contributed by atoms with E-state index in [1.54, 1.807) is 6.07 Å². The Balaban J connectivity index is 1.96. The number of rotatable bonds is 2. The van der Waals surface area contributed by atoms with E-state index in [2.05, 4.69) is 10.1 Å². The Morgan fingerprint density at radius 3 is 2.94 bits per heavy atom. The van der Waals surface area contributed by atoms with Crippen molar-refractivity contribution in [1.82, 2.24) is 5.32 Å². The molecule has 0 radical (unpaired) electrons. The number of alkyl halides is 3. The second-order valence-corrected chi connectivity index (χ2v) is 4.88. The third-order valence-corrected chi connectivity index (χ3v) is 3.58. The zero-order valence-corrected chi connectivity index (χ0v) is 9.58. The van der Waals surface area contributed by atoms with E-state index >= 15 is 0 Å². The van der Waals surface area contributed by atoms with Gasteiger partial charge in [-0.05, 0) is 18.1 Å².